The Labute approximate surface area is 171 Å². The van der Waals surface area contributed by atoms with Crippen LogP contribution < -0.4 is 10.1 Å². The first-order valence-electron chi connectivity index (χ1n) is 8.35. The van der Waals surface area contributed by atoms with Gasteiger partial charge in [-0.25, -0.2) is 4.98 Å². The van der Waals surface area contributed by atoms with Crippen LogP contribution in [0.5, 0.6) is 5.75 Å². The summed E-state index contributed by atoms with van der Waals surface area (Å²) in [5.41, 5.74) is 1.90. The van der Waals surface area contributed by atoms with Crippen LogP contribution in [-0.4, -0.2) is 48.1 Å². The Bertz CT molecular complexity index is 694. The second kappa shape index (κ2) is 10.7. The summed E-state index contributed by atoms with van der Waals surface area (Å²) < 4.78 is 5.46. The van der Waals surface area contributed by atoms with Gasteiger partial charge in [0.25, 0.3) is 0 Å². The van der Waals surface area contributed by atoms with Crippen molar-refractivity contribution in [2.24, 2.45) is 0 Å². The molecule has 1 fully saturated rings. The number of rotatable bonds is 5. The number of hydrogen-bond acceptors (Lipinski definition) is 5. The van der Waals surface area contributed by atoms with Gasteiger partial charge in [0.15, 0.2) is 0 Å². The van der Waals surface area contributed by atoms with Gasteiger partial charge in [-0.1, -0.05) is 0 Å². The Kier molecular flexibility index (Phi) is 9.36. The standard InChI is InChI=1S/C18H23N3O2S.2ClH/c1-3-23-16-6-4-14(5-7-16)18-20-15(12-24-18)10-17(22)21-9-8-19-11-13(21)2;;/h4-7,12-13,19H,3,8-11H2,1-2H3;2*1H/t13-;;/m0../s1. The van der Waals surface area contributed by atoms with Crippen LogP contribution in [0.3, 0.4) is 0 Å². The van der Waals surface area contributed by atoms with Crippen LogP contribution in [0.15, 0.2) is 29.6 Å². The van der Waals surface area contributed by atoms with Crippen LogP contribution in [0.2, 0.25) is 0 Å². The van der Waals surface area contributed by atoms with E-state index in [0.717, 1.165) is 41.6 Å². The van der Waals surface area contributed by atoms with Gasteiger partial charge < -0.3 is 15.0 Å². The highest BCUT2D eigenvalue weighted by Gasteiger charge is 2.23. The predicted molar refractivity (Wildman–Crippen MR) is 111 cm³/mol. The van der Waals surface area contributed by atoms with Crippen molar-refractivity contribution in [3.05, 3.63) is 35.3 Å². The molecule has 144 valence electrons. The normalized spacial score (nSPS) is 16.4. The first-order chi connectivity index (χ1) is 11.7. The third-order valence-electron chi connectivity index (χ3n) is 4.12. The lowest BCUT2D eigenvalue weighted by Crippen LogP contribution is -2.52. The zero-order valence-corrected chi connectivity index (χ0v) is 17.4. The number of hydrogen-bond donors (Lipinski definition) is 1. The lowest BCUT2D eigenvalue weighted by Gasteiger charge is -2.33. The van der Waals surface area contributed by atoms with E-state index in [1.807, 2.05) is 41.5 Å². The molecule has 3 rings (SSSR count). The van der Waals surface area contributed by atoms with Gasteiger partial charge >= 0.3 is 0 Å². The highest BCUT2D eigenvalue weighted by molar-refractivity contribution is 7.13. The SMILES string of the molecule is CCOc1ccc(-c2nc(CC(=O)N3CCNC[C@@H]3C)cs2)cc1.Cl.Cl. The molecule has 0 aliphatic carbocycles. The summed E-state index contributed by atoms with van der Waals surface area (Å²) >= 11 is 1.58. The fraction of sp³-hybridized carbons (Fsp3) is 0.444. The van der Waals surface area contributed by atoms with E-state index in [9.17, 15) is 4.79 Å². The van der Waals surface area contributed by atoms with E-state index in [1.54, 1.807) is 11.3 Å². The molecule has 1 aliphatic rings. The van der Waals surface area contributed by atoms with E-state index in [1.165, 1.54) is 0 Å². The van der Waals surface area contributed by atoms with Gasteiger partial charge in [-0.15, -0.1) is 36.2 Å². The van der Waals surface area contributed by atoms with Crippen molar-refractivity contribution in [2.45, 2.75) is 26.3 Å². The maximum atomic E-state index is 12.5. The number of nitrogens with one attached hydrogen (secondary N) is 1. The molecule has 1 saturated heterocycles. The molecule has 0 saturated carbocycles. The minimum Gasteiger partial charge on any atom is -0.494 e. The van der Waals surface area contributed by atoms with Crippen LogP contribution in [0.4, 0.5) is 0 Å². The Morgan fingerprint density at radius 3 is 2.73 bits per heavy atom. The molecule has 2 heterocycles. The number of halogens is 2. The zero-order chi connectivity index (χ0) is 16.9. The van der Waals surface area contributed by atoms with Gasteiger partial charge in [0.1, 0.15) is 10.8 Å². The minimum absolute atomic E-state index is 0. The number of carbonyl (C=O) groups is 1. The van der Waals surface area contributed by atoms with Gasteiger partial charge in [0, 0.05) is 36.6 Å². The van der Waals surface area contributed by atoms with Crippen molar-refractivity contribution in [3.63, 3.8) is 0 Å². The van der Waals surface area contributed by atoms with Crippen molar-refractivity contribution in [2.75, 3.05) is 26.2 Å². The number of piperazine rings is 1. The van der Waals surface area contributed by atoms with Crippen molar-refractivity contribution < 1.29 is 9.53 Å². The zero-order valence-electron chi connectivity index (χ0n) is 14.9. The number of benzene rings is 1. The van der Waals surface area contributed by atoms with E-state index >= 15 is 0 Å². The number of aromatic nitrogens is 1. The monoisotopic (exact) mass is 417 g/mol. The molecule has 0 spiro atoms. The maximum absolute atomic E-state index is 12.5. The molecule has 8 heteroatoms. The summed E-state index contributed by atoms with van der Waals surface area (Å²) in [5, 5.41) is 6.23. The third kappa shape index (κ3) is 5.58. The quantitative estimate of drug-likeness (QED) is 0.809. The molecule has 5 nitrogen and oxygen atoms in total. The first-order valence-corrected chi connectivity index (χ1v) is 9.23. The summed E-state index contributed by atoms with van der Waals surface area (Å²) in [7, 11) is 0. The van der Waals surface area contributed by atoms with E-state index in [0.29, 0.717) is 13.0 Å². The predicted octanol–water partition coefficient (Wildman–Crippen LogP) is 3.42. The fourth-order valence-corrected chi connectivity index (χ4v) is 3.68. The second-order valence-electron chi connectivity index (χ2n) is 5.92. The smallest absolute Gasteiger partial charge is 0.228 e. The average molecular weight is 418 g/mol. The summed E-state index contributed by atoms with van der Waals surface area (Å²) in [6.07, 6.45) is 0.373. The number of carbonyl (C=O) groups excluding carboxylic acids is 1. The van der Waals surface area contributed by atoms with Crippen LogP contribution in [0.25, 0.3) is 10.6 Å². The summed E-state index contributed by atoms with van der Waals surface area (Å²) in [4.78, 5) is 19.1. The van der Waals surface area contributed by atoms with E-state index in [-0.39, 0.29) is 36.8 Å². The van der Waals surface area contributed by atoms with Gasteiger partial charge in [-0.2, -0.15) is 0 Å². The van der Waals surface area contributed by atoms with Crippen molar-refractivity contribution >= 4 is 42.1 Å². The Balaban J connectivity index is 0.00000169. The molecule has 1 amide bonds. The van der Waals surface area contributed by atoms with E-state index in [4.69, 9.17) is 4.74 Å². The molecule has 1 aliphatic heterocycles. The van der Waals surface area contributed by atoms with Crippen molar-refractivity contribution in [1.82, 2.24) is 15.2 Å². The Morgan fingerprint density at radius 2 is 2.08 bits per heavy atom. The first kappa shape index (κ1) is 22.7. The molecular weight excluding hydrogens is 393 g/mol. The molecule has 0 unspecified atom stereocenters. The highest BCUT2D eigenvalue weighted by Crippen LogP contribution is 2.26. The molecule has 1 N–H and O–H groups in total. The summed E-state index contributed by atoms with van der Waals surface area (Å²) in [6.45, 7) is 7.21. The van der Waals surface area contributed by atoms with E-state index in [2.05, 4.69) is 17.2 Å². The minimum atomic E-state index is 0. The van der Waals surface area contributed by atoms with Crippen LogP contribution in [-0.2, 0) is 11.2 Å². The van der Waals surface area contributed by atoms with Crippen molar-refractivity contribution in [1.29, 1.82) is 0 Å². The number of ether oxygens (including phenoxy) is 1. The van der Waals surface area contributed by atoms with Crippen LogP contribution in [0.1, 0.15) is 19.5 Å². The third-order valence-corrected chi connectivity index (χ3v) is 5.06. The molecule has 0 bridgehead atoms. The van der Waals surface area contributed by atoms with Gasteiger partial charge in [0.05, 0.1) is 18.7 Å². The summed E-state index contributed by atoms with van der Waals surface area (Å²) in [6, 6.07) is 8.17. The Hall–Kier alpha value is -1.34. The molecular formula is C18H25Cl2N3O2S. The number of amides is 1. The van der Waals surface area contributed by atoms with Gasteiger partial charge in [-0.3, -0.25) is 4.79 Å². The summed E-state index contributed by atoms with van der Waals surface area (Å²) in [5.74, 6) is 1.02. The van der Waals surface area contributed by atoms with Gasteiger partial charge in [-0.05, 0) is 38.1 Å². The fourth-order valence-electron chi connectivity index (χ4n) is 2.85. The molecule has 0 radical (unpaired) electrons. The topological polar surface area (TPSA) is 54.5 Å². The molecule has 2 aromatic rings. The molecule has 1 aromatic heterocycles. The molecule has 1 atom stereocenters. The van der Waals surface area contributed by atoms with Crippen molar-refractivity contribution in [3.8, 4) is 16.3 Å². The second-order valence-corrected chi connectivity index (χ2v) is 6.78. The van der Waals surface area contributed by atoms with Gasteiger partial charge in [0.2, 0.25) is 5.91 Å². The molecule has 26 heavy (non-hydrogen) atoms. The average Bonchev–Trinajstić information content (AvgIpc) is 3.04. The number of thiazole rings is 1. The Morgan fingerprint density at radius 1 is 1.35 bits per heavy atom. The van der Waals surface area contributed by atoms with Crippen LogP contribution >= 0.6 is 36.2 Å². The molecule has 1 aromatic carbocycles. The van der Waals surface area contributed by atoms with Crippen LogP contribution in [0, 0.1) is 0 Å². The lowest BCUT2D eigenvalue weighted by molar-refractivity contribution is -0.133. The number of nitrogens with zero attached hydrogens (tertiary/aromatic N) is 2. The van der Waals surface area contributed by atoms with E-state index < -0.39 is 0 Å². The maximum Gasteiger partial charge on any atom is 0.228 e. The largest absolute Gasteiger partial charge is 0.494 e. The lowest BCUT2D eigenvalue weighted by atomic mass is 10.2. The highest BCUT2D eigenvalue weighted by atomic mass is 35.5.